The Balaban J connectivity index is 2.13. The first-order chi connectivity index (χ1) is 10.9. The maximum atomic E-state index is 12.5. The zero-order chi connectivity index (χ0) is 17.0. The Morgan fingerprint density at radius 2 is 2.22 bits per heavy atom. The van der Waals surface area contributed by atoms with E-state index in [1.54, 1.807) is 6.92 Å². The Hall–Kier alpha value is -2.15. The van der Waals surface area contributed by atoms with Crippen LogP contribution in [0.1, 0.15) is 30.1 Å². The highest BCUT2D eigenvalue weighted by Gasteiger charge is 2.30. The Morgan fingerprint density at radius 1 is 1.48 bits per heavy atom. The Kier molecular flexibility index (Phi) is 5.54. The van der Waals surface area contributed by atoms with Gasteiger partial charge in [0.05, 0.1) is 28.0 Å². The van der Waals surface area contributed by atoms with Crippen molar-refractivity contribution >= 4 is 29.2 Å². The molecule has 7 nitrogen and oxygen atoms in total. The summed E-state index contributed by atoms with van der Waals surface area (Å²) in [5.74, 6) is -0.983. The number of likely N-dealkylation sites (tertiary alicyclic amines) is 1. The van der Waals surface area contributed by atoms with Crippen molar-refractivity contribution < 1.29 is 19.2 Å². The number of rotatable bonds is 4. The number of nitrogens with zero attached hydrogens (tertiary/aromatic N) is 2. The van der Waals surface area contributed by atoms with Crippen LogP contribution in [0.2, 0.25) is 5.02 Å². The van der Waals surface area contributed by atoms with Crippen molar-refractivity contribution in [3.8, 4) is 0 Å². The molecular formula is C15H17ClN2O5. The fraction of sp³-hybridized carbons (Fsp3) is 0.467. The highest BCUT2D eigenvalue weighted by Crippen LogP contribution is 2.26. The zero-order valence-corrected chi connectivity index (χ0v) is 13.4. The van der Waals surface area contributed by atoms with Gasteiger partial charge in [0.1, 0.15) is 0 Å². The Bertz CT molecular complexity index is 634. The minimum atomic E-state index is -0.572. The number of hydrogen-bond donors (Lipinski definition) is 0. The maximum Gasteiger partial charge on any atom is 0.310 e. The second-order valence-corrected chi connectivity index (χ2v) is 5.67. The summed E-state index contributed by atoms with van der Waals surface area (Å²) < 4.78 is 5.00. The number of carbonyl (C=O) groups is 2. The third kappa shape index (κ3) is 3.98. The minimum Gasteiger partial charge on any atom is -0.466 e. The van der Waals surface area contributed by atoms with Crippen molar-refractivity contribution in [1.82, 2.24) is 4.90 Å². The summed E-state index contributed by atoms with van der Waals surface area (Å²) in [6.45, 7) is 2.82. The molecule has 1 saturated heterocycles. The zero-order valence-electron chi connectivity index (χ0n) is 12.7. The van der Waals surface area contributed by atoms with E-state index in [9.17, 15) is 19.7 Å². The number of non-ortho nitro benzene ring substituents is 1. The van der Waals surface area contributed by atoms with Gasteiger partial charge in [-0.1, -0.05) is 11.6 Å². The van der Waals surface area contributed by atoms with Crippen molar-refractivity contribution in [3.63, 3.8) is 0 Å². The molecule has 0 aliphatic carbocycles. The number of carbonyl (C=O) groups excluding carboxylic acids is 2. The summed E-state index contributed by atoms with van der Waals surface area (Å²) >= 11 is 5.99. The van der Waals surface area contributed by atoms with Crippen molar-refractivity contribution in [2.24, 2.45) is 5.92 Å². The van der Waals surface area contributed by atoms with Crippen LogP contribution in [0.15, 0.2) is 18.2 Å². The molecule has 0 saturated carbocycles. The van der Waals surface area contributed by atoms with Crippen LogP contribution in [0.4, 0.5) is 5.69 Å². The van der Waals surface area contributed by atoms with Crippen molar-refractivity contribution in [3.05, 3.63) is 38.9 Å². The molecule has 0 bridgehead atoms. The second-order valence-electron chi connectivity index (χ2n) is 5.26. The largest absolute Gasteiger partial charge is 0.466 e. The summed E-state index contributed by atoms with van der Waals surface area (Å²) in [6.07, 6.45) is 1.37. The number of nitro benzene ring substituents is 1. The van der Waals surface area contributed by atoms with Gasteiger partial charge in [-0.05, 0) is 25.8 Å². The van der Waals surface area contributed by atoms with Crippen LogP contribution < -0.4 is 0 Å². The predicted octanol–water partition coefficient (Wildman–Crippen LogP) is 2.66. The van der Waals surface area contributed by atoms with Gasteiger partial charge in [-0.25, -0.2) is 0 Å². The van der Waals surface area contributed by atoms with Gasteiger partial charge in [0.15, 0.2) is 0 Å². The van der Waals surface area contributed by atoms with Crippen molar-refractivity contribution in [2.45, 2.75) is 19.8 Å². The van der Waals surface area contributed by atoms with Gasteiger partial charge in [0, 0.05) is 25.2 Å². The van der Waals surface area contributed by atoms with E-state index in [2.05, 4.69) is 0 Å². The van der Waals surface area contributed by atoms with Gasteiger partial charge in [0.25, 0.3) is 11.6 Å². The van der Waals surface area contributed by atoms with E-state index < -0.39 is 4.92 Å². The van der Waals surface area contributed by atoms with Gasteiger partial charge in [-0.3, -0.25) is 19.7 Å². The fourth-order valence-electron chi connectivity index (χ4n) is 2.58. The summed E-state index contributed by atoms with van der Waals surface area (Å²) in [6, 6.07) is 3.74. The Morgan fingerprint density at radius 3 is 2.83 bits per heavy atom. The SMILES string of the molecule is CCOC(=O)[C@H]1CCCN(C(=O)c2ccc([N+](=O)[O-])cc2Cl)C1. The molecular weight excluding hydrogens is 324 g/mol. The molecule has 124 valence electrons. The summed E-state index contributed by atoms with van der Waals surface area (Å²) in [5.41, 5.74) is 0.0244. The molecule has 0 unspecified atom stereocenters. The van der Waals surface area contributed by atoms with Crippen LogP contribution in [0.5, 0.6) is 0 Å². The van der Waals surface area contributed by atoms with E-state index in [0.29, 0.717) is 26.0 Å². The summed E-state index contributed by atoms with van der Waals surface area (Å²) in [5, 5.41) is 10.7. The number of ether oxygens (including phenoxy) is 1. The normalized spacial score (nSPS) is 17.7. The topological polar surface area (TPSA) is 89.8 Å². The first-order valence-corrected chi connectivity index (χ1v) is 7.71. The second kappa shape index (κ2) is 7.41. The number of piperidine rings is 1. The Labute approximate surface area is 138 Å². The number of esters is 1. The molecule has 0 spiro atoms. The standard InChI is InChI=1S/C15H17ClN2O5/c1-2-23-15(20)10-4-3-7-17(9-10)14(19)12-6-5-11(18(21)22)8-13(12)16/h5-6,8,10H,2-4,7,9H2,1H3/t10-/m0/s1. The molecule has 23 heavy (non-hydrogen) atoms. The van der Waals surface area contributed by atoms with Crippen molar-refractivity contribution in [2.75, 3.05) is 19.7 Å². The first-order valence-electron chi connectivity index (χ1n) is 7.34. The van der Waals surface area contributed by atoms with Crippen LogP contribution in [0.3, 0.4) is 0 Å². The monoisotopic (exact) mass is 340 g/mol. The van der Waals surface area contributed by atoms with E-state index in [4.69, 9.17) is 16.3 Å². The molecule has 1 heterocycles. The lowest BCUT2D eigenvalue weighted by atomic mass is 9.97. The number of nitro groups is 1. The molecule has 1 aliphatic heterocycles. The molecule has 0 N–H and O–H groups in total. The van der Waals surface area contributed by atoms with Gasteiger partial charge < -0.3 is 9.64 Å². The fourth-order valence-corrected chi connectivity index (χ4v) is 2.83. The molecule has 8 heteroatoms. The van der Waals surface area contributed by atoms with Crippen LogP contribution >= 0.6 is 11.6 Å². The number of amides is 1. The lowest BCUT2D eigenvalue weighted by Gasteiger charge is -2.31. The van der Waals surface area contributed by atoms with Gasteiger partial charge in [-0.2, -0.15) is 0 Å². The maximum absolute atomic E-state index is 12.5. The van der Waals surface area contributed by atoms with E-state index in [-0.39, 0.29) is 40.6 Å². The van der Waals surface area contributed by atoms with Gasteiger partial charge in [-0.15, -0.1) is 0 Å². The minimum absolute atomic E-state index is 0.0301. The van der Waals surface area contributed by atoms with E-state index >= 15 is 0 Å². The highest BCUT2D eigenvalue weighted by atomic mass is 35.5. The predicted molar refractivity (Wildman–Crippen MR) is 83.4 cm³/mol. The molecule has 1 aliphatic rings. The van der Waals surface area contributed by atoms with Crippen LogP contribution in [-0.2, 0) is 9.53 Å². The number of hydrogen-bond acceptors (Lipinski definition) is 5. The van der Waals surface area contributed by atoms with Crippen LogP contribution in [-0.4, -0.2) is 41.4 Å². The molecule has 0 aromatic heterocycles. The molecule has 1 atom stereocenters. The third-order valence-corrected chi connectivity index (χ3v) is 4.04. The number of halogens is 1. The molecule has 1 aromatic carbocycles. The molecule has 1 aromatic rings. The van der Waals surface area contributed by atoms with E-state index in [0.717, 1.165) is 6.07 Å². The first kappa shape index (κ1) is 17.2. The third-order valence-electron chi connectivity index (χ3n) is 3.72. The van der Waals surface area contributed by atoms with Gasteiger partial charge in [0.2, 0.25) is 0 Å². The van der Waals surface area contributed by atoms with Crippen LogP contribution in [0.25, 0.3) is 0 Å². The van der Waals surface area contributed by atoms with E-state index in [1.165, 1.54) is 17.0 Å². The molecule has 2 rings (SSSR count). The van der Waals surface area contributed by atoms with Crippen LogP contribution in [0, 0.1) is 16.0 Å². The number of benzene rings is 1. The average molecular weight is 341 g/mol. The molecule has 1 fully saturated rings. The lowest BCUT2D eigenvalue weighted by Crippen LogP contribution is -2.42. The molecule has 0 radical (unpaired) electrons. The highest BCUT2D eigenvalue weighted by molar-refractivity contribution is 6.34. The van der Waals surface area contributed by atoms with Gasteiger partial charge >= 0.3 is 5.97 Å². The lowest BCUT2D eigenvalue weighted by molar-refractivity contribution is -0.384. The van der Waals surface area contributed by atoms with E-state index in [1.807, 2.05) is 0 Å². The molecule has 1 amide bonds. The average Bonchev–Trinajstić information content (AvgIpc) is 2.54. The summed E-state index contributed by atoms with van der Waals surface area (Å²) in [4.78, 5) is 36.1. The van der Waals surface area contributed by atoms with Crippen molar-refractivity contribution in [1.29, 1.82) is 0 Å². The summed E-state index contributed by atoms with van der Waals surface area (Å²) in [7, 11) is 0. The quantitative estimate of drug-likeness (QED) is 0.477. The smallest absolute Gasteiger partial charge is 0.310 e.